The molecule has 0 saturated carbocycles. The Bertz CT molecular complexity index is 1300. The molecule has 0 aliphatic carbocycles. The summed E-state index contributed by atoms with van der Waals surface area (Å²) in [5, 5.41) is 13.0. The summed E-state index contributed by atoms with van der Waals surface area (Å²) in [5.41, 5.74) is 3.65. The molecule has 8 nitrogen and oxygen atoms in total. The van der Waals surface area contributed by atoms with Gasteiger partial charge in [0.05, 0.1) is 18.6 Å². The third-order valence-corrected chi connectivity index (χ3v) is 6.55. The van der Waals surface area contributed by atoms with Crippen LogP contribution in [-0.2, 0) is 20.7 Å². The summed E-state index contributed by atoms with van der Waals surface area (Å²) in [6.45, 7) is 1.92. The van der Waals surface area contributed by atoms with E-state index in [9.17, 15) is 9.59 Å². The number of nitrogens with zero attached hydrogens (tertiary/aromatic N) is 3. The summed E-state index contributed by atoms with van der Waals surface area (Å²) in [7, 11) is 1.31. The molecule has 0 fully saturated rings. The van der Waals surface area contributed by atoms with Crippen LogP contribution in [0.4, 0.5) is 0 Å². The Kier molecular flexibility index (Phi) is 7.00. The highest BCUT2D eigenvalue weighted by Crippen LogP contribution is 2.24. The van der Waals surface area contributed by atoms with Crippen LogP contribution in [0.15, 0.2) is 60.1 Å². The number of hydrogen-bond acceptors (Lipinski definition) is 6. The van der Waals surface area contributed by atoms with E-state index >= 15 is 0 Å². The van der Waals surface area contributed by atoms with Crippen molar-refractivity contribution in [3.8, 4) is 5.69 Å². The van der Waals surface area contributed by atoms with Crippen LogP contribution in [-0.4, -0.2) is 50.5 Å². The number of rotatable bonds is 8. The van der Waals surface area contributed by atoms with Crippen LogP contribution in [0.2, 0.25) is 5.02 Å². The number of hydrogen-bond donors (Lipinski definition) is 2. The molecule has 0 unspecified atom stereocenters. The summed E-state index contributed by atoms with van der Waals surface area (Å²) in [6, 6.07) is 12.6. The van der Waals surface area contributed by atoms with E-state index in [1.807, 2.05) is 55.6 Å². The fourth-order valence-corrected chi connectivity index (χ4v) is 4.37. The summed E-state index contributed by atoms with van der Waals surface area (Å²) in [6.07, 6.45) is 3.72. The number of halogens is 1. The number of thioether (sulfide) groups is 1. The molecule has 2 aromatic carbocycles. The molecule has 2 aromatic heterocycles. The van der Waals surface area contributed by atoms with Gasteiger partial charge in [0.2, 0.25) is 5.91 Å². The predicted molar refractivity (Wildman–Crippen MR) is 128 cm³/mol. The second-order valence-corrected chi connectivity index (χ2v) is 8.76. The number of carbonyl (C=O) groups excluding carboxylic acids is 2. The lowest BCUT2D eigenvalue weighted by atomic mass is 10.0. The van der Waals surface area contributed by atoms with Gasteiger partial charge in [0, 0.05) is 28.5 Å². The number of aromatic nitrogens is 4. The highest BCUT2D eigenvalue weighted by molar-refractivity contribution is 7.99. The number of esters is 1. The number of carbonyl (C=O) groups is 2. The summed E-state index contributed by atoms with van der Waals surface area (Å²) in [4.78, 5) is 28.2. The van der Waals surface area contributed by atoms with Crippen LogP contribution >= 0.6 is 23.4 Å². The molecule has 0 spiro atoms. The second-order valence-electron chi connectivity index (χ2n) is 7.41. The minimum atomic E-state index is -0.809. The molecule has 0 aliphatic rings. The van der Waals surface area contributed by atoms with Crippen molar-refractivity contribution in [2.45, 2.75) is 24.5 Å². The molecule has 0 saturated heterocycles. The van der Waals surface area contributed by atoms with E-state index in [1.165, 1.54) is 18.9 Å². The summed E-state index contributed by atoms with van der Waals surface area (Å²) in [5.74, 6) is -0.762. The van der Waals surface area contributed by atoms with Gasteiger partial charge >= 0.3 is 5.97 Å². The molecular formula is C23H22ClN5O3S. The predicted octanol–water partition coefficient (Wildman–Crippen LogP) is 3.70. The van der Waals surface area contributed by atoms with Crippen LogP contribution in [0.25, 0.3) is 16.6 Å². The van der Waals surface area contributed by atoms with Crippen LogP contribution in [0.1, 0.15) is 11.1 Å². The fraction of sp³-hybridized carbons (Fsp3) is 0.217. The largest absolute Gasteiger partial charge is 0.467 e. The van der Waals surface area contributed by atoms with Gasteiger partial charge in [-0.25, -0.2) is 4.79 Å². The van der Waals surface area contributed by atoms with Crippen molar-refractivity contribution in [3.05, 3.63) is 71.1 Å². The van der Waals surface area contributed by atoms with Crippen LogP contribution in [0, 0.1) is 6.92 Å². The highest BCUT2D eigenvalue weighted by Gasteiger charge is 2.23. The fourth-order valence-electron chi connectivity index (χ4n) is 3.45. The van der Waals surface area contributed by atoms with Crippen molar-refractivity contribution in [1.29, 1.82) is 0 Å². The van der Waals surface area contributed by atoms with Crippen molar-refractivity contribution in [2.75, 3.05) is 12.9 Å². The summed E-state index contributed by atoms with van der Waals surface area (Å²) < 4.78 is 6.67. The van der Waals surface area contributed by atoms with Gasteiger partial charge in [-0.05, 0) is 36.2 Å². The minimum Gasteiger partial charge on any atom is -0.467 e. The lowest BCUT2D eigenvalue weighted by molar-refractivity contribution is -0.144. The Morgan fingerprint density at radius 3 is 2.88 bits per heavy atom. The monoisotopic (exact) mass is 483 g/mol. The van der Waals surface area contributed by atoms with E-state index in [0.29, 0.717) is 16.6 Å². The molecule has 1 atom stereocenters. The standard InChI is InChI=1S/C23H22ClN5O3S/c1-14-7-8-16(10-18(14)24)29-13-26-28-23(29)33-12-21(30)27-20(22(31)32-2)9-15-11-25-19-6-4-3-5-17(15)19/h3-8,10-11,13,20,25H,9,12H2,1-2H3,(H,27,30)/t20-/m1/s1. The molecule has 2 N–H and O–H groups in total. The quantitative estimate of drug-likeness (QED) is 0.292. The number of aromatic amines is 1. The second kappa shape index (κ2) is 10.1. The minimum absolute atomic E-state index is 0.0552. The summed E-state index contributed by atoms with van der Waals surface area (Å²) >= 11 is 7.45. The number of benzene rings is 2. The number of nitrogens with one attached hydrogen (secondary N) is 2. The van der Waals surface area contributed by atoms with E-state index in [2.05, 4.69) is 20.5 Å². The van der Waals surface area contributed by atoms with E-state index in [0.717, 1.165) is 27.7 Å². The number of aryl methyl sites for hydroxylation is 1. The van der Waals surface area contributed by atoms with Gasteiger partial charge < -0.3 is 15.0 Å². The van der Waals surface area contributed by atoms with Crippen molar-refractivity contribution < 1.29 is 14.3 Å². The lowest BCUT2D eigenvalue weighted by Gasteiger charge is -2.16. The molecule has 10 heteroatoms. The van der Waals surface area contributed by atoms with Crippen LogP contribution in [0.3, 0.4) is 0 Å². The average molecular weight is 484 g/mol. The molecule has 0 radical (unpaired) electrons. The number of amides is 1. The molecule has 170 valence electrons. The van der Waals surface area contributed by atoms with Crippen LogP contribution < -0.4 is 5.32 Å². The molecule has 4 rings (SSSR count). The topological polar surface area (TPSA) is 102 Å². The number of ether oxygens (including phenoxy) is 1. The van der Waals surface area contributed by atoms with Crippen molar-refractivity contribution in [3.63, 3.8) is 0 Å². The smallest absolute Gasteiger partial charge is 0.328 e. The normalized spacial score (nSPS) is 12.0. The van der Waals surface area contributed by atoms with Crippen molar-refractivity contribution in [2.24, 2.45) is 0 Å². The number of fused-ring (bicyclic) bond motifs is 1. The SMILES string of the molecule is COC(=O)[C@@H](Cc1c[nH]c2ccccc12)NC(=O)CSc1nncn1-c1ccc(C)c(Cl)c1. The first-order chi connectivity index (χ1) is 16.0. The zero-order valence-corrected chi connectivity index (χ0v) is 19.6. The first kappa shape index (κ1) is 22.9. The van der Waals surface area contributed by atoms with Gasteiger partial charge in [0.25, 0.3) is 0 Å². The molecule has 0 bridgehead atoms. The van der Waals surface area contributed by atoms with Crippen molar-refractivity contribution >= 4 is 46.1 Å². The van der Waals surface area contributed by atoms with Gasteiger partial charge in [0.15, 0.2) is 5.16 Å². The van der Waals surface area contributed by atoms with Crippen LogP contribution in [0.5, 0.6) is 0 Å². The maximum absolute atomic E-state index is 12.7. The highest BCUT2D eigenvalue weighted by atomic mass is 35.5. The first-order valence-corrected chi connectivity index (χ1v) is 11.5. The number of methoxy groups -OCH3 is 1. The molecule has 1 amide bonds. The van der Waals surface area contributed by atoms with E-state index in [1.54, 1.807) is 10.9 Å². The number of para-hydroxylation sites is 1. The van der Waals surface area contributed by atoms with Gasteiger partial charge in [-0.15, -0.1) is 10.2 Å². The van der Waals surface area contributed by atoms with E-state index in [-0.39, 0.29) is 11.7 Å². The lowest BCUT2D eigenvalue weighted by Crippen LogP contribution is -2.43. The Labute approximate surface area is 199 Å². The van der Waals surface area contributed by atoms with Crippen molar-refractivity contribution in [1.82, 2.24) is 25.1 Å². The zero-order chi connectivity index (χ0) is 23.4. The molecule has 33 heavy (non-hydrogen) atoms. The van der Waals surface area contributed by atoms with Gasteiger partial charge in [-0.3, -0.25) is 9.36 Å². The zero-order valence-electron chi connectivity index (χ0n) is 18.0. The Hall–Kier alpha value is -3.30. The third-order valence-electron chi connectivity index (χ3n) is 5.20. The number of H-pyrrole nitrogens is 1. The van der Waals surface area contributed by atoms with Gasteiger partial charge in [0.1, 0.15) is 12.4 Å². The van der Waals surface area contributed by atoms with E-state index < -0.39 is 12.0 Å². The maximum Gasteiger partial charge on any atom is 0.328 e. The molecule has 2 heterocycles. The maximum atomic E-state index is 12.7. The molecule has 4 aromatic rings. The third kappa shape index (κ3) is 5.20. The van der Waals surface area contributed by atoms with E-state index in [4.69, 9.17) is 16.3 Å². The molecular weight excluding hydrogens is 462 g/mol. The Morgan fingerprint density at radius 2 is 2.09 bits per heavy atom. The van der Waals surface area contributed by atoms with Gasteiger partial charge in [-0.1, -0.05) is 47.6 Å². The first-order valence-electron chi connectivity index (χ1n) is 10.2. The Morgan fingerprint density at radius 1 is 1.27 bits per heavy atom. The van der Waals surface area contributed by atoms with Gasteiger partial charge in [-0.2, -0.15) is 0 Å². The average Bonchev–Trinajstić information content (AvgIpc) is 3.46. The molecule has 0 aliphatic heterocycles. The Balaban J connectivity index is 1.43.